The fourth-order valence-corrected chi connectivity index (χ4v) is 5.44. The van der Waals surface area contributed by atoms with E-state index < -0.39 is 0 Å². The lowest BCUT2D eigenvalue weighted by Crippen LogP contribution is -2.29. The molecule has 0 spiro atoms. The summed E-state index contributed by atoms with van der Waals surface area (Å²) in [5.74, 6) is 0.648. The molecule has 0 bridgehead atoms. The van der Waals surface area contributed by atoms with Crippen LogP contribution in [0.1, 0.15) is 96.1 Å². The van der Waals surface area contributed by atoms with Crippen molar-refractivity contribution in [3.05, 3.63) is 63.7 Å². The first-order valence-electron chi connectivity index (χ1n) is 12.0. The number of fused-ring (bicyclic) bond motifs is 3. The summed E-state index contributed by atoms with van der Waals surface area (Å²) in [6, 6.07) is 14.3. The molecule has 0 aliphatic heterocycles. The van der Waals surface area contributed by atoms with Gasteiger partial charge in [-0.2, -0.15) is 0 Å². The average molecular weight is 408 g/mol. The van der Waals surface area contributed by atoms with Crippen LogP contribution in [-0.2, 0) is 5.41 Å². The first-order valence-corrected chi connectivity index (χ1v) is 12.0. The van der Waals surface area contributed by atoms with Gasteiger partial charge in [0.1, 0.15) is 0 Å². The third-order valence-electron chi connectivity index (χ3n) is 7.10. The lowest BCUT2D eigenvalue weighted by molar-refractivity contribution is -0.384. The van der Waals surface area contributed by atoms with Crippen molar-refractivity contribution in [3.8, 4) is 11.1 Å². The van der Waals surface area contributed by atoms with E-state index in [0.717, 1.165) is 12.8 Å². The Labute approximate surface area is 182 Å². The molecule has 3 heteroatoms. The molecule has 0 saturated carbocycles. The lowest BCUT2D eigenvalue weighted by Gasteiger charge is -2.36. The third kappa shape index (κ3) is 4.45. The van der Waals surface area contributed by atoms with Crippen LogP contribution >= 0.6 is 0 Å². The Morgan fingerprint density at radius 3 is 2.33 bits per heavy atom. The number of nitro benzene ring substituents is 1. The topological polar surface area (TPSA) is 43.1 Å². The SMILES string of the molecule is CCCCCCC1(CC(CC)CCCC)c2ccccc2-c2ccc([N+](=O)[O-])cc21. The standard InChI is InChI=1S/C27H37NO2/c1-4-7-9-12-18-27(20-21(6-3)13-8-5-2)25-15-11-10-14-23(25)24-17-16-22(28(29)30)19-26(24)27/h10-11,14-17,19,21H,4-9,12-13,18,20H2,1-3H3. The van der Waals surface area contributed by atoms with Crippen molar-refractivity contribution in [1.29, 1.82) is 0 Å². The van der Waals surface area contributed by atoms with Crippen LogP contribution in [-0.4, -0.2) is 4.92 Å². The first-order chi connectivity index (χ1) is 14.6. The molecule has 30 heavy (non-hydrogen) atoms. The van der Waals surface area contributed by atoms with Gasteiger partial charge in [-0.1, -0.05) is 96.4 Å². The quantitative estimate of drug-likeness (QED) is 0.201. The molecule has 0 amide bonds. The molecule has 0 fully saturated rings. The number of nitro groups is 1. The highest BCUT2D eigenvalue weighted by Gasteiger charge is 2.44. The summed E-state index contributed by atoms with van der Waals surface area (Å²) in [4.78, 5) is 11.4. The van der Waals surface area contributed by atoms with E-state index in [0.29, 0.717) is 5.92 Å². The van der Waals surface area contributed by atoms with Gasteiger partial charge in [0.15, 0.2) is 0 Å². The second-order valence-electron chi connectivity index (χ2n) is 9.05. The van der Waals surface area contributed by atoms with E-state index in [1.165, 1.54) is 73.6 Å². The minimum absolute atomic E-state index is 0.0971. The zero-order valence-electron chi connectivity index (χ0n) is 19.0. The van der Waals surface area contributed by atoms with Crippen molar-refractivity contribution in [2.75, 3.05) is 0 Å². The zero-order valence-corrected chi connectivity index (χ0v) is 19.0. The van der Waals surface area contributed by atoms with Gasteiger partial charge in [0.2, 0.25) is 0 Å². The van der Waals surface area contributed by atoms with Crippen LogP contribution < -0.4 is 0 Å². The third-order valence-corrected chi connectivity index (χ3v) is 7.10. The van der Waals surface area contributed by atoms with Crippen molar-refractivity contribution in [3.63, 3.8) is 0 Å². The van der Waals surface area contributed by atoms with E-state index in [9.17, 15) is 10.1 Å². The van der Waals surface area contributed by atoms with Crippen LogP contribution in [0.4, 0.5) is 5.69 Å². The molecule has 2 atom stereocenters. The molecule has 2 unspecified atom stereocenters. The van der Waals surface area contributed by atoms with Gasteiger partial charge in [-0.05, 0) is 47.1 Å². The molecule has 162 valence electrons. The molecule has 2 aromatic rings. The van der Waals surface area contributed by atoms with Crippen LogP contribution in [0.3, 0.4) is 0 Å². The molecular formula is C27H37NO2. The smallest absolute Gasteiger partial charge is 0.258 e. The molecule has 0 N–H and O–H groups in total. The Kier molecular flexibility index (Phi) is 7.69. The first kappa shape index (κ1) is 22.5. The monoisotopic (exact) mass is 407 g/mol. The molecule has 0 radical (unpaired) electrons. The van der Waals surface area contributed by atoms with Gasteiger partial charge >= 0.3 is 0 Å². The molecule has 0 heterocycles. The number of hydrogen-bond donors (Lipinski definition) is 0. The second kappa shape index (κ2) is 10.2. The number of non-ortho nitro benzene ring substituents is 1. The van der Waals surface area contributed by atoms with Crippen molar-refractivity contribution in [2.45, 2.75) is 90.4 Å². The predicted octanol–water partition coefficient (Wildman–Crippen LogP) is 8.44. The van der Waals surface area contributed by atoms with Crippen molar-refractivity contribution in [2.24, 2.45) is 5.92 Å². The number of hydrogen-bond acceptors (Lipinski definition) is 2. The molecule has 1 aliphatic rings. The van der Waals surface area contributed by atoms with Gasteiger partial charge in [0.05, 0.1) is 4.92 Å². The van der Waals surface area contributed by atoms with Crippen LogP contribution in [0, 0.1) is 16.0 Å². The number of rotatable bonds is 12. The van der Waals surface area contributed by atoms with Crippen LogP contribution in [0.5, 0.6) is 0 Å². The van der Waals surface area contributed by atoms with Gasteiger partial charge in [0, 0.05) is 17.5 Å². The van der Waals surface area contributed by atoms with Crippen LogP contribution in [0.25, 0.3) is 11.1 Å². The molecule has 2 aromatic carbocycles. The molecule has 1 aliphatic carbocycles. The Morgan fingerprint density at radius 1 is 0.900 bits per heavy atom. The number of nitrogens with zero attached hydrogens (tertiary/aromatic N) is 1. The summed E-state index contributed by atoms with van der Waals surface area (Å²) in [6.07, 6.45) is 12.0. The maximum absolute atomic E-state index is 11.6. The van der Waals surface area contributed by atoms with E-state index in [4.69, 9.17) is 0 Å². The van der Waals surface area contributed by atoms with E-state index in [1.54, 1.807) is 6.07 Å². The van der Waals surface area contributed by atoms with Gasteiger partial charge in [0.25, 0.3) is 5.69 Å². The highest BCUT2D eigenvalue weighted by Crippen LogP contribution is 2.55. The van der Waals surface area contributed by atoms with Crippen molar-refractivity contribution >= 4 is 5.69 Å². The Hall–Kier alpha value is -2.16. The minimum Gasteiger partial charge on any atom is -0.258 e. The minimum atomic E-state index is -0.237. The number of benzene rings is 2. The van der Waals surface area contributed by atoms with E-state index in [1.807, 2.05) is 12.1 Å². The van der Waals surface area contributed by atoms with Gasteiger partial charge in [-0.15, -0.1) is 0 Å². The summed E-state index contributed by atoms with van der Waals surface area (Å²) in [5.41, 5.74) is 5.21. The van der Waals surface area contributed by atoms with Crippen LogP contribution in [0.15, 0.2) is 42.5 Å². The fraction of sp³-hybridized carbons (Fsp3) is 0.556. The summed E-state index contributed by atoms with van der Waals surface area (Å²) in [7, 11) is 0. The Bertz CT molecular complexity index is 860. The Morgan fingerprint density at radius 2 is 1.63 bits per heavy atom. The molecule has 3 rings (SSSR count). The molecular weight excluding hydrogens is 370 g/mol. The molecule has 0 aromatic heterocycles. The van der Waals surface area contributed by atoms with Crippen molar-refractivity contribution in [1.82, 2.24) is 0 Å². The molecule has 0 saturated heterocycles. The highest BCUT2D eigenvalue weighted by molar-refractivity contribution is 5.82. The Balaban J connectivity index is 2.11. The van der Waals surface area contributed by atoms with Crippen molar-refractivity contribution < 1.29 is 4.92 Å². The maximum Gasteiger partial charge on any atom is 0.269 e. The summed E-state index contributed by atoms with van der Waals surface area (Å²) < 4.78 is 0. The largest absolute Gasteiger partial charge is 0.269 e. The zero-order chi connectivity index (χ0) is 21.6. The number of unbranched alkanes of at least 4 members (excludes halogenated alkanes) is 4. The van der Waals surface area contributed by atoms with Gasteiger partial charge in [-0.25, -0.2) is 0 Å². The van der Waals surface area contributed by atoms with E-state index in [2.05, 4.69) is 45.0 Å². The van der Waals surface area contributed by atoms with E-state index in [-0.39, 0.29) is 16.0 Å². The van der Waals surface area contributed by atoms with Gasteiger partial charge < -0.3 is 0 Å². The average Bonchev–Trinajstić information content (AvgIpc) is 3.04. The predicted molar refractivity (Wildman–Crippen MR) is 126 cm³/mol. The normalized spacial score (nSPS) is 18.1. The second-order valence-corrected chi connectivity index (χ2v) is 9.05. The lowest BCUT2D eigenvalue weighted by atomic mass is 9.67. The maximum atomic E-state index is 11.6. The van der Waals surface area contributed by atoms with E-state index >= 15 is 0 Å². The summed E-state index contributed by atoms with van der Waals surface area (Å²) >= 11 is 0. The summed E-state index contributed by atoms with van der Waals surface area (Å²) in [5, 5.41) is 11.6. The fourth-order valence-electron chi connectivity index (χ4n) is 5.44. The van der Waals surface area contributed by atoms with Crippen LogP contribution in [0.2, 0.25) is 0 Å². The van der Waals surface area contributed by atoms with Gasteiger partial charge in [-0.3, -0.25) is 10.1 Å². The molecule has 3 nitrogen and oxygen atoms in total. The highest BCUT2D eigenvalue weighted by atomic mass is 16.6. The summed E-state index contributed by atoms with van der Waals surface area (Å²) in [6.45, 7) is 6.81.